The molecule has 0 unspecified atom stereocenters. The summed E-state index contributed by atoms with van der Waals surface area (Å²) in [4.78, 5) is 0. The van der Waals surface area contributed by atoms with Crippen molar-refractivity contribution < 1.29 is 13.2 Å². The Labute approximate surface area is 106 Å². The molecule has 4 heteroatoms. The number of hydrogen-bond acceptors (Lipinski definition) is 1. The molecule has 0 amide bonds. The molecule has 0 nitrogen and oxygen atoms in total. The van der Waals surface area contributed by atoms with Gasteiger partial charge in [-0.3, -0.25) is 0 Å². The van der Waals surface area contributed by atoms with Crippen LogP contribution in [0.2, 0.25) is 0 Å². The Balaban J connectivity index is 2.28. The molecule has 1 heterocycles. The number of rotatable bonds is 1. The summed E-state index contributed by atoms with van der Waals surface area (Å²) in [7, 11) is 0. The van der Waals surface area contributed by atoms with Gasteiger partial charge in [0.25, 0.3) is 0 Å². The Morgan fingerprint density at radius 3 is 2.39 bits per heavy atom. The van der Waals surface area contributed by atoms with E-state index in [0.717, 1.165) is 20.2 Å². The fraction of sp³-hybridized carbons (Fsp3) is 0.143. The smallest absolute Gasteiger partial charge is 0.171 e. The lowest BCUT2D eigenvalue weighted by Crippen LogP contribution is -2.11. The maximum atomic E-state index is 12.5. The minimum absolute atomic E-state index is 0.362. The molecular formula is C14H9F3S. The predicted octanol–water partition coefficient (Wildman–Crippen LogP) is 5.16. The van der Waals surface area contributed by atoms with Crippen molar-refractivity contribution in [1.29, 1.82) is 0 Å². The number of hydrogen-bond donors (Lipinski definition) is 0. The number of alkyl halides is 3. The Morgan fingerprint density at radius 2 is 1.61 bits per heavy atom. The zero-order valence-corrected chi connectivity index (χ0v) is 10.1. The lowest BCUT2D eigenvalue weighted by Gasteiger charge is -2.06. The maximum Gasteiger partial charge on any atom is 0.393 e. The van der Waals surface area contributed by atoms with Gasteiger partial charge in [-0.2, -0.15) is 13.2 Å². The summed E-state index contributed by atoms with van der Waals surface area (Å²) in [6, 6.07) is 12.8. The highest BCUT2D eigenvalue weighted by molar-refractivity contribution is 7.26. The molecule has 3 aromatic rings. The third-order valence-corrected chi connectivity index (χ3v) is 4.14. The average molecular weight is 266 g/mol. The molecule has 0 saturated carbocycles. The van der Waals surface area contributed by atoms with Crippen LogP contribution in [0.4, 0.5) is 13.2 Å². The minimum atomic E-state index is -4.16. The Kier molecular flexibility index (Phi) is 2.55. The average Bonchev–Trinajstić information content (AvgIpc) is 2.67. The Morgan fingerprint density at radius 1 is 0.889 bits per heavy atom. The number of fused-ring (bicyclic) bond motifs is 3. The molecule has 18 heavy (non-hydrogen) atoms. The van der Waals surface area contributed by atoms with Crippen molar-refractivity contribution >= 4 is 31.5 Å². The summed E-state index contributed by atoms with van der Waals surface area (Å²) in [5.41, 5.74) is 0.362. The van der Waals surface area contributed by atoms with Crippen LogP contribution in [0.5, 0.6) is 0 Å². The Bertz CT molecular complexity index is 710. The zero-order chi connectivity index (χ0) is 12.8. The first-order valence-corrected chi connectivity index (χ1v) is 6.32. The van der Waals surface area contributed by atoms with Crippen molar-refractivity contribution in [3.63, 3.8) is 0 Å². The monoisotopic (exact) mass is 266 g/mol. The van der Waals surface area contributed by atoms with Crippen molar-refractivity contribution in [2.45, 2.75) is 12.6 Å². The summed E-state index contributed by atoms with van der Waals surface area (Å²) in [6.07, 6.45) is -5.03. The van der Waals surface area contributed by atoms with Crippen molar-refractivity contribution in [3.8, 4) is 0 Å². The van der Waals surface area contributed by atoms with Crippen LogP contribution in [0.1, 0.15) is 5.56 Å². The van der Waals surface area contributed by atoms with E-state index in [1.54, 1.807) is 12.1 Å². The third kappa shape index (κ3) is 1.97. The summed E-state index contributed by atoms with van der Waals surface area (Å²) < 4.78 is 39.4. The topological polar surface area (TPSA) is 0 Å². The fourth-order valence-corrected chi connectivity index (χ4v) is 3.37. The first-order valence-electron chi connectivity index (χ1n) is 5.50. The van der Waals surface area contributed by atoms with E-state index in [4.69, 9.17) is 0 Å². The van der Waals surface area contributed by atoms with E-state index in [-0.39, 0.29) is 0 Å². The molecule has 3 rings (SSSR count). The zero-order valence-electron chi connectivity index (χ0n) is 9.29. The highest BCUT2D eigenvalue weighted by Crippen LogP contribution is 2.37. The van der Waals surface area contributed by atoms with E-state index in [2.05, 4.69) is 0 Å². The largest absolute Gasteiger partial charge is 0.393 e. The van der Waals surface area contributed by atoms with E-state index in [1.807, 2.05) is 30.3 Å². The van der Waals surface area contributed by atoms with Gasteiger partial charge in [-0.25, -0.2) is 0 Å². The van der Waals surface area contributed by atoms with Gasteiger partial charge in [-0.05, 0) is 11.6 Å². The molecule has 0 radical (unpaired) electrons. The van der Waals surface area contributed by atoms with Crippen LogP contribution in [-0.2, 0) is 6.42 Å². The molecule has 0 atom stereocenters. The van der Waals surface area contributed by atoms with E-state index < -0.39 is 12.6 Å². The van der Waals surface area contributed by atoms with Crippen LogP contribution < -0.4 is 0 Å². The molecule has 92 valence electrons. The molecule has 0 aliphatic heterocycles. The molecule has 2 aromatic carbocycles. The van der Waals surface area contributed by atoms with Gasteiger partial charge in [-0.15, -0.1) is 11.3 Å². The van der Waals surface area contributed by atoms with Gasteiger partial charge in [0.1, 0.15) is 0 Å². The second-order valence-corrected chi connectivity index (χ2v) is 5.24. The molecule has 0 aliphatic rings. The summed E-state index contributed by atoms with van der Waals surface area (Å²) in [5.74, 6) is 0. The van der Waals surface area contributed by atoms with Crippen LogP contribution in [-0.4, -0.2) is 6.18 Å². The van der Waals surface area contributed by atoms with E-state index in [9.17, 15) is 13.2 Å². The summed E-state index contributed by atoms with van der Waals surface area (Å²) in [6.45, 7) is 0. The van der Waals surface area contributed by atoms with Crippen molar-refractivity contribution in [2.24, 2.45) is 0 Å². The first-order chi connectivity index (χ1) is 8.54. The lowest BCUT2D eigenvalue weighted by atomic mass is 10.1. The fourth-order valence-electron chi connectivity index (χ4n) is 2.16. The second-order valence-electron chi connectivity index (χ2n) is 4.18. The molecule has 0 aliphatic carbocycles. The predicted molar refractivity (Wildman–Crippen MR) is 69.1 cm³/mol. The molecule has 0 saturated heterocycles. The van der Waals surface area contributed by atoms with Crippen molar-refractivity contribution in [3.05, 3.63) is 48.0 Å². The van der Waals surface area contributed by atoms with Gasteiger partial charge in [0, 0.05) is 20.2 Å². The third-order valence-electron chi connectivity index (χ3n) is 2.88. The molecular weight excluding hydrogens is 257 g/mol. The lowest BCUT2D eigenvalue weighted by molar-refractivity contribution is -0.126. The van der Waals surface area contributed by atoms with Crippen LogP contribution in [0, 0.1) is 0 Å². The SMILES string of the molecule is FC(F)(F)Cc1cccc2c1sc1ccccc12. The molecule has 1 aromatic heterocycles. The summed E-state index contributed by atoms with van der Waals surface area (Å²) in [5, 5.41) is 1.94. The number of thiophene rings is 1. The van der Waals surface area contributed by atoms with Crippen LogP contribution >= 0.6 is 11.3 Å². The number of benzene rings is 2. The van der Waals surface area contributed by atoms with Gasteiger partial charge in [0.05, 0.1) is 6.42 Å². The van der Waals surface area contributed by atoms with Gasteiger partial charge < -0.3 is 0 Å². The second kappa shape index (κ2) is 3.99. The van der Waals surface area contributed by atoms with Crippen LogP contribution in [0.15, 0.2) is 42.5 Å². The standard InChI is InChI=1S/C14H9F3S/c15-14(16,17)8-9-4-3-6-11-10-5-1-2-7-12(10)18-13(9)11/h1-7H,8H2. The van der Waals surface area contributed by atoms with Crippen LogP contribution in [0.3, 0.4) is 0 Å². The van der Waals surface area contributed by atoms with Crippen molar-refractivity contribution in [2.75, 3.05) is 0 Å². The van der Waals surface area contributed by atoms with Gasteiger partial charge in [0.2, 0.25) is 0 Å². The molecule has 0 N–H and O–H groups in total. The van der Waals surface area contributed by atoms with Gasteiger partial charge >= 0.3 is 6.18 Å². The maximum absolute atomic E-state index is 12.5. The minimum Gasteiger partial charge on any atom is -0.171 e. The highest BCUT2D eigenvalue weighted by atomic mass is 32.1. The van der Waals surface area contributed by atoms with Crippen LogP contribution in [0.25, 0.3) is 20.2 Å². The molecule has 0 bridgehead atoms. The first kappa shape index (κ1) is 11.5. The molecule has 0 fully saturated rings. The van der Waals surface area contributed by atoms with Gasteiger partial charge in [0.15, 0.2) is 0 Å². The van der Waals surface area contributed by atoms with E-state index in [1.165, 1.54) is 11.3 Å². The normalized spacial score (nSPS) is 12.4. The Hall–Kier alpha value is -1.55. The molecule has 0 spiro atoms. The van der Waals surface area contributed by atoms with E-state index in [0.29, 0.717) is 5.56 Å². The quantitative estimate of drug-likeness (QED) is 0.570. The highest BCUT2D eigenvalue weighted by Gasteiger charge is 2.28. The van der Waals surface area contributed by atoms with Crippen molar-refractivity contribution in [1.82, 2.24) is 0 Å². The number of halogens is 3. The summed E-state index contributed by atoms with van der Waals surface area (Å²) >= 11 is 1.43. The van der Waals surface area contributed by atoms with E-state index >= 15 is 0 Å². The van der Waals surface area contributed by atoms with Gasteiger partial charge in [-0.1, -0.05) is 36.4 Å².